The van der Waals surface area contributed by atoms with E-state index in [4.69, 9.17) is 9.15 Å². The number of carbonyl (C=O) groups excluding carboxylic acids is 2. The van der Waals surface area contributed by atoms with Crippen molar-refractivity contribution in [1.82, 2.24) is 25.5 Å². The maximum atomic E-state index is 13.6. The zero-order chi connectivity index (χ0) is 24.9. The molecule has 0 spiro atoms. The van der Waals surface area contributed by atoms with E-state index >= 15 is 0 Å². The summed E-state index contributed by atoms with van der Waals surface area (Å²) in [5.41, 5.74) is 0.0506. The van der Waals surface area contributed by atoms with Crippen LogP contribution >= 0.6 is 0 Å². The van der Waals surface area contributed by atoms with E-state index < -0.39 is 11.6 Å². The van der Waals surface area contributed by atoms with E-state index in [0.717, 1.165) is 5.76 Å². The first-order valence-electron chi connectivity index (χ1n) is 11.3. The molecule has 0 bridgehead atoms. The number of carbonyl (C=O) groups is 2. The number of aromatic nitrogens is 4. The second-order valence-electron chi connectivity index (χ2n) is 8.88. The first-order valence-corrected chi connectivity index (χ1v) is 11.3. The van der Waals surface area contributed by atoms with Gasteiger partial charge in [0.2, 0.25) is 11.7 Å². The molecule has 0 fully saturated rings. The van der Waals surface area contributed by atoms with E-state index in [0.29, 0.717) is 30.2 Å². The molecule has 34 heavy (non-hydrogen) atoms. The summed E-state index contributed by atoms with van der Waals surface area (Å²) in [5.74, 6) is 1.34. The maximum absolute atomic E-state index is 13.6. The second kappa shape index (κ2) is 10.5. The summed E-state index contributed by atoms with van der Waals surface area (Å²) < 4.78 is 11.3. The number of rotatable bonds is 9. The summed E-state index contributed by atoms with van der Waals surface area (Å²) >= 11 is 0. The summed E-state index contributed by atoms with van der Waals surface area (Å²) in [6.45, 7) is 11.4. The van der Waals surface area contributed by atoms with Gasteiger partial charge >= 0.3 is 0 Å². The lowest BCUT2D eigenvalue weighted by Gasteiger charge is -2.33. The van der Waals surface area contributed by atoms with Crippen LogP contribution in [0.15, 0.2) is 40.8 Å². The summed E-state index contributed by atoms with van der Waals surface area (Å²) in [6.07, 6.45) is 0.399. The molecular weight excluding hydrogens is 436 g/mol. The molecule has 0 saturated carbocycles. The van der Waals surface area contributed by atoms with Crippen molar-refractivity contribution in [3.05, 3.63) is 42.2 Å². The standard InChI is InChI=1S/C24H32N6O4/c1-7-17(23(32)25-24(4,5)6)30(18-11-9-10-12-19(18)33-8-2)21(31)15-29-27-22(26-28-29)20-14-13-16(3)34-20/h9-14,17H,7-8,15H2,1-6H3,(H,25,32)/t17-/m0/s1. The van der Waals surface area contributed by atoms with E-state index in [1.54, 1.807) is 30.3 Å². The number of hydrogen-bond acceptors (Lipinski definition) is 7. The Kier molecular flexibility index (Phi) is 7.70. The molecule has 0 aliphatic heterocycles. The Morgan fingerprint density at radius 3 is 2.53 bits per heavy atom. The lowest BCUT2D eigenvalue weighted by atomic mass is 10.1. The minimum absolute atomic E-state index is 0.216. The van der Waals surface area contributed by atoms with Crippen molar-refractivity contribution in [2.45, 2.75) is 66.1 Å². The van der Waals surface area contributed by atoms with Crippen LogP contribution in [0.2, 0.25) is 0 Å². The number of amides is 2. The van der Waals surface area contributed by atoms with Crippen molar-refractivity contribution >= 4 is 17.5 Å². The van der Waals surface area contributed by atoms with Crippen LogP contribution in [0.5, 0.6) is 5.75 Å². The van der Waals surface area contributed by atoms with Gasteiger partial charge in [0.25, 0.3) is 5.91 Å². The highest BCUT2D eigenvalue weighted by Gasteiger charge is 2.33. The number of aryl methyl sites for hydroxylation is 1. The maximum Gasteiger partial charge on any atom is 0.251 e. The third-order valence-electron chi connectivity index (χ3n) is 4.88. The molecule has 1 N–H and O–H groups in total. The van der Waals surface area contributed by atoms with Crippen LogP contribution in [0.25, 0.3) is 11.6 Å². The molecule has 10 heteroatoms. The highest BCUT2D eigenvalue weighted by Crippen LogP contribution is 2.31. The minimum atomic E-state index is -0.760. The predicted octanol–water partition coefficient (Wildman–Crippen LogP) is 3.37. The number of furan rings is 1. The van der Waals surface area contributed by atoms with Crippen molar-refractivity contribution in [1.29, 1.82) is 0 Å². The SMILES string of the molecule is CCOc1ccccc1N(C(=O)Cn1nnc(-c2ccc(C)o2)n1)[C@@H](CC)C(=O)NC(C)(C)C. The third kappa shape index (κ3) is 6.00. The van der Waals surface area contributed by atoms with Crippen LogP contribution in [0.3, 0.4) is 0 Å². The molecule has 0 aliphatic carbocycles. The van der Waals surface area contributed by atoms with E-state index in [1.165, 1.54) is 9.70 Å². The number of nitrogens with zero attached hydrogens (tertiary/aromatic N) is 5. The van der Waals surface area contributed by atoms with E-state index in [-0.39, 0.29) is 24.2 Å². The molecule has 2 aromatic heterocycles. The molecule has 0 radical (unpaired) electrons. The summed E-state index contributed by atoms with van der Waals surface area (Å²) in [7, 11) is 0. The van der Waals surface area contributed by atoms with Gasteiger partial charge in [-0.2, -0.15) is 4.80 Å². The Bertz CT molecular complexity index is 1130. The molecule has 182 valence electrons. The highest BCUT2D eigenvalue weighted by molar-refractivity contribution is 6.01. The Balaban J connectivity index is 1.95. The summed E-state index contributed by atoms with van der Waals surface area (Å²) in [6, 6.07) is 9.95. The van der Waals surface area contributed by atoms with Gasteiger partial charge in [0.1, 0.15) is 24.1 Å². The van der Waals surface area contributed by atoms with E-state index in [1.807, 2.05) is 47.6 Å². The van der Waals surface area contributed by atoms with Crippen LogP contribution in [0.4, 0.5) is 5.69 Å². The van der Waals surface area contributed by atoms with Gasteiger partial charge in [-0.3, -0.25) is 14.5 Å². The van der Waals surface area contributed by atoms with Crippen LogP contribution in [-0.2, 0) is 16.1 Å². The quantitative estimate of drug-likeness (QED) is 0.512. The topological polar surface area (TPSA) is 115 Å². The number of tetrazole rings is 1. The largest absolute Gasteiger partial charge is 0.492 e. The Morgan fingerprint density at radius 2 is 1.91 bits per heavy atom. The number of anilines is 1. The van der Waals surface area contributed by atoms with Gasteiger partial charge in [0, 0.05) is 5.54 Å². The average molecular weight is 469 g/mol. The van der Waals surface area contributed by atoms with Crippen molar-refractivity contribution in [3.63, 3.8) is 0 Å². The highest BCUT2D eigenvalue weighted by atomic mass is 16.5. The van der Waals surface area contributed by atoms with Crippen molar-refractivity contribution in [2.24, 2.45) is 0 Å². The Hall–Kier alpha value is -3.69. The number of hydrogen-bond donors (Lipinski definition) is 1. The molecule has 0 unspecified atom stereocenters. The van der Waals surface area contributed by atoms with Gasteiger partial charge in [-0.15, -0.1) is 10.2 Å². The zero-order valence-electron chi connectivity index (χ0n) is 20.5. The smallest absolute Gasteiger partial charge is 0.251 e. The predicted molar refractivity (Wildman–Crippen MR) is 127 cm³/mol. The molecule has 1 aromatic carbocycles. The second-order valence-corrected chi connectivity index (χ2v) is 8.88. The fraction of sp³-hybridized carbons (Fsp3) is 0.458. The number of para-hydroxylation sites is 2. The molecule has 2 amide bonds. The zero-order valence-corrected chi connectivity index (χ0v) is 20.5. The molecular formula is C24H32N6O4. The Morgan fingerprint density at radius 1 is 1.18 bits per heavy atom. The van der Waals surface area contributed by atoms with Gasteiger partial charge in [0.05, 0.1) is 12.3 Å². The molecule has 1 atom stereocenters. The van der Waals surface area contributed by atoms with Crippen LogP contribution in [0.1, 0.15) is 46.8 Å². The molecule has 0 saturated heterocycles. The van der Waals surface area contributed by atoms with Gasteiger partial charge in [-0.1, -0.05) is 19.1 Å². The summed E-state index contributed by atoms with van der Waals surface area (Å²) in [4.78, 5) is 29.5. The minimum Gasteiger partial charge on any atom is -0.492 e. The lowest BCUT2D eigenvalue weighted by Crippen LogP contribution is -2.54. The fourth-order valence-electron chi connectivity index (χ4n) is 3.51. The van der Waals surface area contributed by atoms with Gasteiger partial charge < -0.3 is 14.5 Å². The third-order valence-corrected chi connectivity index (χ3v) is 4.88. The van der Waals surface area contributed by atoms with Crippen molar-refractivity contribution < 1.29 is 18.7 Å². The fourth-order valence-corrected chi connectivity index (χ4v) is 3.51. The van der Waals surface area contributed by atoms with Gasteiger partial charge in [-0.05, 0) is 70.5 Å². The van der Waals surface area contributed by atoms with Crippen LogP contribution in [-0.4, -0.2) is 50.2 Å². The molecule has 10 nitrogen and oxygen atoms in total. The van der Waals surface area contributed by atoms with Crippen LogP contribution in [0, 0.1) is 6.92 Å². The van der Waals surface area contributed by atoms with E-state index in [9.17, 15) is 9.59 Å². The Labute approximate surface area is 199 Å². The molecule has 3 rings (SSSR count). The van der Waals surface area contributed by atoms with Gasteiger partial charge in [0.15, 0.2) is 5.76 Å². The summed E-state index contributed by atoms with van der Waals surface area (Å²) in [5, 5.41) is 15.3. The van der Waals surface area contributed by atoms with Crippen LogP contribution < -0.4 is 15.0 Å². The first kappa shape index (κ1) is 24.9. The molecule has 3 aromatic rings. The normalized spacial score (nSPS) is 12.3. The average Bonchev–Trinajstić information content (AvgIpc) is 3.40. The van der Waals surface area contributed by atoms with E-state index in [2.05, 4.69) is 20.7 Å². The number of ether oxygens (including phenoxy) is 1. The first-order chi connectivity index (χ1) is 16.1. The van der Waals surface area contributed by atoms with Crippen molar-refractivity contribution in [3.8, 4) is 17.3 Å². The number of nitrogens with one attached hydrogen (secondary N) is 1. The molecule has 0 aliphatic rings. The monoisotopic (exact) mass is 468 g/mol. The van der Waals surface area contributed by atoms with Gasteiger partial charge in [-0.25, -0.2) is 0 Å². The number of benzene rings is 1. The van der Waals surface area contributed by atoms with Crippen molar-refractivity contribution in [2.75, 3.05) is 11.5 Å². The molecule has 2 heterocycles. The lowest BCUT2D eigenvalue weighted by molar-refractivity contribution is -0.128.